The molecule has 0 unspecified atom stereocenters. The summed E-state index contributed by atoms with van der Waals surface area (Å²) in [5, 5.41) is 0.850. The molecular weight excluding hydrogens is 227 g/mol. The maximum absolute atomic E-state index is 13.2. The molecule has 0 atom stereocenters. The van der Waals surface area contributed by atoms with E-state index in [4.69, 9.17) is 0 Å². The summed E-state index contributed by atoms with van der Waals surface area (Å²) in [6, 6.07) is 10.5. The second kappa shape index (κ2) is 4.18. The number of pyridine rings is 2. The second-order valence-electron chi connectivity index (χ2n) is 4.23. The molecule has 2 heterocycles. The van der Waals surface area contributed by atoms with Crippen LogP contribution < -0.4 is 0 Å². The maximum Gasteiger partial charge on any atom is 0.123 e. The van der Waals surface area contributed by atoms with Crippen molar-refractivity contribution in [2.45, 2.75) is 6.92 Å². The van der Waals surface area contributed by atoms with Crippen molar-refractivity contribution in [1.82, 2.24) is 9.97 Å². The van der Waals surface area contributed by atoms with Crippen LogP contribution in [0.15, 0.2) is 48.8 Å². The highest BCUT2D eigenvalue weighted by Gasteiger charge is 2.05. The molecule has 2 nitrogen and oxygen atoms in total. The van der Waals surface area contributed by atoms with Crippen LogP contribution in [0, 0.1) is 12.7 Å². The zero-order valence-electron chi connectivity index (χ0n) is 9.89. The van der Waals surface area contributed by atoms with Crippen LogP contribution in [-0.4, -0.2) is 9.97 Å². The van der Waals surface area contributed by atoms with Crippen molar-refractivity contribution in [2.24, 2.45) is 0 Å². The van der Waals surface area contributed by atoms with Crippen molar-refractivity contribution in [2.75, 3.05) is 0 Å². The van der Waals surface area contributed by atoms with Gasteiger partial charge in [0.2, 0.25) is 0 Å². The summed E-state index contributed by atoms with van der Waals surface area (Å²) in [6.45, 7) is 1.96. The Hall–Kier alpha value is -2.29. The number of aromatic nitrogens is 2. The molecule has 3 aromatic rings. The second-order valence-corrected chi connectivity index (χ2v) is 4.23. The van der Waals surface area contributed by atoms with Gasteiger partial charge in [-0.2, -0.15) is 0 Å². The fourth-order valence-corrected chi connectivity index (χ4v) is 2.03. The summed E-state index contributed by atoms with van der Waals surface area (Å²) in [7, 11) is 0. The van der Waals surface area contributed by atoms with Crippen LogP contribution in [0.5, 0.6) is 0 Å². The van der Waals surface area contributed by atoms with E-state index in [1.165, 1.54) is 12.1 Å². The normalized spacial score (nSPS) is 10.8. The Morgan fingerprint density at radius 3 is 2.78 bits per heavy atom. The smallest absolute Gasteiger partial charge is 0.123 e. The summed E-state index contributed by atoms with van der Waals surface area (Å²) in [5.41, 5.74) is 3.64. The van der Waals surface area contributed by atoms with E-state index in [9.17, 15) is 4.39 Å². The third kappa shape index (κ3) is 1.84. The van der Waals surface area contributed by atoms with Gasteiger partial charge in [-0.05, 0) is 48.9 Å². The van der Waals surface area contributed by atoms with Crippen molar-refractivity contribution in [1.29, 1.82) is 0 Å². The van der Waals surface area contributed by atoms with Crippen LogP contribution in [0.25, 0.3) is 22.2 Å². The van der Waals surface area contributed by atoms with Gasteiger partial charge in [-0.1, -0.05) is 0 Å². The molecule has 3 rings (SSSR count). The molecular formula is C15H11FN2. The van der Waals surface area contributed by atoms with Gasteiger partial charge in [0.15, 0.2) is 0 Å². The van der Waals surface area contributed by atoms with Crippen LogP contribution >= 0.6 is 0 Å². The van der Waals surface area contributed by atoms with Crippen molar-refractivity contribution in [3.63, 3.8) is 0 Å². The van der Waals surface area contributed by atoms with Crippen LogP contribution in [0.1, 0.15) is 5.56 Å². The quantitative estimate of drug-likeness (QED) is 0.645. The van der Waals surface area contributed by atoms with Crippen LogP contribution in [0.4, 0.5) is 4.39 Å². The first-order valence-corrected chi connectivity index (χ1v) is 5.71. The number of hydrogen-bond acceptors (Lipinski definition) is 2. The lowest BCUT2D eigenvalue weighted by atomic mass is 10.1. The molecule has 0 N–H and O–H groups in total. The number of benzene rings is 1. The first-order valence-electron chi connectivity index (χ1n) is 5.71. The zero-order valence-corrected chi connectivity index (χ0v) is 9.89. The number of hydrogen-bond donors (Lipinski definition) is 0. The summed E-state index contributed by atoms with van der Waals surface area (Å²) >= 11 is 0. The van der Waals surface area contributed by atoms with E-state index in [0.717, 1.165) is 27.7 Å². The molecule has 0 saturated heterocycles. The van der Waals surface area contributed by atoms with E-state index in [1.807, 2.05) is 25.1 Å². The molecule has 0 aliphatic rings. The Morgan fingerprint density at radius 2 is 2.00 bits per heavy atom. The highest BCUT2D eigenvalue weighted by Crippen LogP contribution is 2.24. The van der Waals surface area contributed by atoms with Gasteiger partial charge in [-0.3, -0.25) is 4.98 Å². The van der Waals surface area contributed by atoms with Crippen molar-refractivity contribution in [3.05, 3.63) is 60.2 Å². The number of fused-ring (bicyclic) bond motifs is 1. The van der Waals surface area contributed by atoms with Gasteiger partial charge in [0.1, 0.15) is 5.82 Å². The van der Waals surface area contributed by atoms with Crippen molar-refractivity contribution < 1.29 is 4.39 Å². The van der Waals surface area contributed by atoms with E-state index < -0.39 is 0 Å². The Morgan fingerprint density at radius 1 is 1.11 bits per heavy atom. The molecule has 1 aromatic carbocycles. The highest BCUT2D eigenvalue weighted by molar-refractivity contribution is 5.84. The molecule has 88 valence electrons. The molecule has 0 radical (unpaired) electrons. The van der Waals surface area contributed by atoms with Gasteiger partial charge in [0, 0.05) is 23.3 Å². The first kappa shape index (κ1) is 10.8. The monoisotopic (exact) mass is 238 g/mol. The fraction of sp³-hybridized carbons (Fsp3) is 0.0667. The lowest BCUT2D eigenvalue weighted by Gasteiger charge is -2.06. The molecule has 0 fully saturated rings. The van der Waals surface area contributed by atoms with Crippen LogP contribution in [-0.2, 0) is 0 Å². The third-order valence-corrected chi connectivity index (χ3v) is 2.93. The minimum Gasteiger partial charge on any atom is -0.264 e. The summed E-state index contributed by atoms with van der Waals surface area (Å²) in [5.74, 6) is -0.235. The van der Waals surface area contributed by atoms with Gasteiger partial charge in [0.05, 0.1) is 11.2 Å². The average molecular weight is 238 g/mol. The highest BCUT2D eigenvalue weighted by atomic mass is 19.1. The standard InChI is InChI=1S/C15H11FN2/c1-10-7-15(11-3-2-6-17-9-11)18-14-5-4-12(16)8-13(10)14/h2-9H,1H3. The summed E-state index contributed by atoms with van der Waals surface area (Å²) in [6.07, 6.45) is 3.50. The number of aryl methyl sites for hydroxylation is 1. The third-order valence-electron chi connectivity index (χ3n) is 2.93. The Balaban J connectivity index is 2.25. The maximum atomic E-state index is 13.2. The predicted molar refractivity (Wildman–Crippen MR) is 69.7 cm³/mol. The lowest BCUT2D eigenvalue weighted by molar-refractivity contribution is 0.629. The van der Waals surface area contributed by atoms with Gasteiger partial charge in [0.25, 0.3) is 0 Å². The Kier molecular flexibility index (Phi) is 2.52. The summed E-state index contributed by atoms with van der Waals surface area (Å²) in [4.78, 5) is 8.63. The fourth-order valence-electron chi connectivity index (χ4n) is 2.03. The molecule has 0 aliphatic heterocycles. The van der Waals surface area contributed by atoms with Crippen molar-refractivity contribution in [3.8, 4) is 11.3 Å². The molecule has 2 aromatic heterocycles. The number of halogens is 1. The molecule has 0 bridgehead atoms. The van der Waals surface area contributed by atoms with Gasteiger partial charge in [-0.15, -0.1) is 0 Å². The predicted octanol–water partition coefficient (Wildman–Crippen LogP) is 3.74. The minimum absolute atomic E-state index is 0.235. The first-order chi connectivity index (χ1) is 8.74. The molecule has 18 heavy (non-hydrogen) atoms. The van der Waals surface area contributed by atoms with Gasteiger partial charge < -0.3 is 0 Å². The Labute approximate surface area is 104 Å². The largest absolute Gasteiger partial charge is 0.264 e. The van der Waals surface area contributed by atoms with E-state index in [0.29, 0.717) is 0 Å². The SMILES string of the molecule is Cc1cc(-c2cccnc2)nc2ccc(F)cc12. The molecule has 3 heteroatoms. The molecule has 0 saturated carbocycles. The van der Waals surface area contributed by atoms with Crippen LogP contribution in [0.3, 0.4) is 0 Å². The van der Waals surface area contributed by atoms with Crippen LogP contribution in [0.2, 0.25) is 0 Å². The molecule has 0 amide bonds. The number of nitrogens with zero attached hydrogens (tertiary/aromatic N) is 2. The summed E-state index contributed by atoms with van der Waals surface area (Å²) < 4.78 is 13.2. The van der Waals surface area contributed by atoms with Crippen molar-refractivity contribution >= 4 is 10.9 Å². The van der Waals surface area contributed by atoms with Gasteiger partial charge >= 0.3 is 0 Å². The van der Waals surface area contributed by atoms with E-state index in [-0.39, 0.29) is 5.82 Å². The zero-order chi connectivity index (χ0) is 12.5. The Bertz CT molecular complexity index is 708. The lowest BCUT2D eigenvalue weighted by Crippen LogP contribution is -1.90. The molecule has 0 spiro atoms. The molecule has 0 aliphatic carbocycles. The number of rotatable bonds is 1. The van der Waals surface area contributed by atoms with E-state index in [2.05, 4.69) is 9.97 Å². The average Bonchev–Trinajstić information content (AvgIpc) is 2.40. The van der Waals surface area contributed by atoms with E-state index >= 15 is 0 Å². The minimum atomic E-state index is -0.235. The van der Waals surface area contributed by atoms with E-state index in [1.54, 1.807) is 18.5 Å². The topological polar surface area (TPSA) is 25.8 Å². The van der Waals surface area contributed by atoms with Gasteiger partial charge in [-0.25, -0.2) is 9.37 Å².